The molecule has 0 heterocycles. The average Bonchev–Trinajstić information content (AvgIpc) is 2.57. The molecule has 0 aliphatic carbocycles. The predicted molar refractivity (Wildman–Crippen MR) is 98.6 cm³/mol. The number of rotatable bonds is 8. The van der Waals surface area contributed by atoms with Gasteiger partial charge in [0.15, 0.2) is 0 Å². The lowest BCUT2D eigenvalue weighted by molar-refractivity contribution is -0.136. The zero-order valence-corrected chi connectivity index (χ0v) is 15.6. The number of amides is 2. The maximum Gasteiger partial charge on any atom is 0.243 e. The molecule has 7 heteroatoms. The van der Waals surface area contributed by atoms with Gasteiger partial charge in [-0.2, -0.15) is 0 Å². The van der Waals surface area contributed by atoms with Gasteiger partial charge in [-0.25, -0.2) is 0 Å². The smallest absolute Gasteiger partial charge is 0.243 e. The van der Waals surface area contributed by atoms with Gasteiger partial charge in [-0.1, -0.05) is 26.3 Å². The summed E-state index contributed by atoms with van der Waals surface area (Å²) in [6, 6.07) is 6.49. The van der Waals surface area contributed by atoms with Crippen molar-refractivity contribution in [3.63, 3.8) is 0 Å². The van der Waals surface area contributed by atoms with Crippen LogP contribution in [0.3, 0.4) is 0 Å². The van der Waals surface area contributed by atoms with Gasteiger partial charge < -0.3 is 20.7 Å². The van der Waals surface area contributed by atoms with E-state index >= 15 is 0 Å². The summed E-state index contributed by atoms with van der Waals surface area (Å²) in [7, 11) is 1.56. The van der Waals surface area contributed by atoms with E-state index in [4.69, 9.17) is 10.5 Å². The molecule has 0 aliphatic heterocycles. The first-order valence-corrected chi connectivity index (χ1v) is 7.91. The van der Waals surface area contributed by atoms with Crippen LogP contribution in [-0.2, 0) is 9.59 Å². The van der Waals surface area contributed by atoms with E-state index < -0.39 is 6.04 Å². The molecule has 0 aliphatic rings. The third kappa shape index (κ3) is 6.37. The Morgan fingerprint density at radius 2 is 2.00 bits per heavy atom. The van der Waals surface area contributed by atoms with Crippen LogP contribution in [0.1, 0.15) is 27.2 Å². The number of likely N-dealkylation sites (N-methyl/N-ethyl adjacent to an activating group) is 1. The molecule has 1 rings (SSSR count). The Morgan fingerprint density at radius 1 is 1.33 bits per heavy atom. The highest BCUT2D eigenvalue weighted by molar-refractivity contribution is 5.95. The molecule has 3 N–H and O–H groups in total. The van der Waals surface area contributed by atoms with E-state index in [0.717, 1.165) is 6.42 Å². The van der Waals surface area contributed by atoms with Crippen molar-refractivity contribution in [2.75, 3.05) is 25.5 Å². The van der Waals surface area contributed by atoms with Crippen molar-refractivity contribution in [2.45, 2.75) is 33.2 Å². The number of carbonyl (C=O) groups is 2. The summed E-state index contributed by atoms with van der Waals surface area (Å²) >= 11 is 0. The number of anilines is 1. The van der Waals surface area contributed by atoms with Gasteiger partial charge in [0.2, 0.25) is 11.8 Å². The van der Waals surface area contributed by atoms with Crippen molar-refractivity contribution >= 4 is 29.9 Å². The molecule has 1 aromatic rings. The highest BCUT2D eigenvalue weighted by Crippen LogP contribution is 2.16. The molecular formula is C17H28ClN3O3. The number of methoxy groups -OCH3 is 1. The Hall–Kier alpha value is -1.79. The van der Waals surface area contributed by atoms with E-state index in [0.29, 0.717) is 18.0 Å². The molecule has 0 aromatic heterocycles. The number of nitrogens with one attached hydrogen (secondary N) is 1. The zero-order valence-electron chi connectivity index (χ0n) is 14.7. The average molecular weight is 358 g/mol. The summed E-state index contributed by atoms with van der Waals surface area (Å²) in [4.78, 5) is 26.0. The van der Waals surface area contributed by atoms with E-state index in [1.165, 1.54) is 4.90 Å². The molecule has 0 radical (unpaired) electrons. The summed E-state index contributed by atoms with van der Waals surface area (Å²) in [6.07, 6.45) is 0.820. The molecule has 2 amide bonds. The van der Waals surface area contributed by atoms with Crippen molar-refractivity contribution in [3.05, 3.63) is 24.3 Å². The van der Waals surface area contributed by atoms with Gasteiger partial charge in [0.05, 0.1) is 19.7 Å². The fourth-order valence-electron chi connectivity index (χ4n) is 2.13. The minimum Gasteiger partial charge on any atom is -0.497 e. The van der Waals surface area contributed by atoms with E-state index in [9.17, 15) is 9.59 Å². The van der Waals surface area contributed by atoms with Crippen molar-refractivity contribution in [1.82, 2.24) is 4.90 Å². The Bertz CT molecular complexity index is 540. The number of ether oxygens (including phenoxy) is 1. The van der Waals surface area contributed by atoms with Crippen molar-refractivity contribution < 1.29 is 14.3 Å². The fraction of sp³-hybridized carbons (Fsp3) is 0.529. The van der Waals surface area contributed by atoms with E-state index in [-0.39, 0.29) is 36.7 Å². The molecule has 0 saturated heterocycles. The van der Waals surface area contributed by atoms with E-state index in [1.54, 1.807) is 31.4 Å². The van der Waals surface area contributed by atoms with Crippen LogP contribution in [0.25, 0.3) is 0 Å². The Morgan fingerprint density at radius 3 is 2.54 bits per heavy atom. The van der Waals surface area contributed by atoms with Crippen LogP contribution in [-0.4, -0.2) is 43.0 Å². The maximum absolute atomic E-state index is 12.4. The number of hydrogen-bond donors (Lipinski definition) is 2. The first-order chi connectivity index (χ1) is 10.9. The van der Waals surface area contributed by atoms with Gasteiger partial charge in [-0.05, 0) is 25.0 Å². The summed E-state index contributed by atoms with van der Waals surface area (Å²) in [5.74, 6) is 0.287. The molecule has 24 heavy (non-hydrogen) atoms. The first-order valence-electron chi connectivity index (χ1n) is 7.91. The topological polar surface area (TPSA) is 84.7 Å². The lowest BCUT2D eigenvalue weighted by atomic mass is 9.99. The SMILES string of the molecule is CCC(C)C(N)C(=O)N(CC)CC(=O)Nc1cccc(OC)c1.Cl. The first kappa shape index (κ1) is 22.2. The molecule has 0 bridgehead atoms. The third-order valence-corrected chi connectivity index (χ3v) is 3.92. The Kier molecular flexibility index (Phi) is 10.1. The second kappa shape index (κ2) is 10.9. The van der Waals surface area contributed by atoms with Gasteiger partial charge in [-0.15, -0.1) is 12.4 Å². The number of carbonyl (C=O) groups excluding carboxylic acids is 2. The largest absolute Gasteiger partial charge is 0.497 e. The number of benzene rings is 1. The molecule has 1 aromatic carbocycles. The lowest BCUT2D eigenvalue weighted by Gasteiger charge is -2.26. The molecule has 6 nitrogen and oxygen atoms in total. The molecule has 2 unspecified atom stereocenters. The standard InChI is InChI=1S/C17H27N3O3.ClH/c1-5-12(3)16(18)17(22)20(6-2)11-15(21)19-13-8-7-9-14(10-13)23-4;/h7-10,12,16H,5-6,11,18H2,1-4H3,(H,19,21);1H. The molecule has 0 fully saturated rings. The van der Waals surface area contributed by atoms with Crippen LogP contribution in [0.4, 0.5) is 5.69 Å². The van der Waals surface area contributed by atoms with Crippen molar-refractivity contribution in [2.24, 2.45) is 11.7 Å². The van der Waals surface area contributed by atoms with Gasteiger partial charge in [0.1, 0.15) is 5.75 Å². The lowest BCUT2D eigenvalue weighted by Crippen LogP contribution is -2.49. The summed E-state index contributed by atoms with van der Waals surface area (Å²) in [5.41, 5.74) is 6.60. The second-order valence-electron chi connectivity index (χ2n) is 5.54. The minimum atomic E-state index is -0.579. The van der Waals surface area contributed by atoms with Gasteiger partial charge in [-0.3, -0.25) is 9.59 Å². The van der Waals surface area contributed by atoms with Gasteiger partial charge >= 0.3 is 0 Å². The quantitative estimate of drug-likeness (QED) is 0.747. The van der Waals surface area contributed by atoms with Crippen molar-refractivity contribution in [3.8, 4) is 5.75 Å². The second-order valence-corrected chi connectivity index (χ2v) is 5.54. The third-order valence-electron chi connectivity index (χ3n) is 3.92. The molecule has 136 valence electrons. The van der Waals surface area contributed by atoms with Gasteiger partial charge in [0, 0.05) is 18.3 Å². The molecule has 0 saturated carbocycles. The van der Waals surface area contributed by atoms with Crippen LogP contribution in [0, 0.1) is 5.92 Å². The van der Waals surface area contributed by atoms with Crippen LogP contribution < -0.4 is 15.8 Å². The fourth-order valence-corrected chi connectivity index (χ4v) is 2.13. The molecule has 2 atom stereocenters. The highest BCUT2D eigenvalue weighted by Gasteiger charge is 2.25. The van der Waals surface area contributed by atoms with E-state index in [2.05, 4.69) is 5.32 Å². The highest BCUT2D eigenvalue weighted by atomic mass is 35.5. The Labute approximate surface area is 150 Å². The zero-order chi connectivity index (χ0) is 17.4. The number of nitrogens with zero attached hydrogens (tertiary/aromatic N) is 1. The Balaban J connectivity index is 0.00000529. The summed E-state index contributed by atoms with van der Waals surface area (Å²) in [6.45, 7) is 6.18. The monoisotopic (exact) mass is 357 g/mol. The number of hydrogen-bond acceptors (Lipinski definition) is 4. The van der Waals surface area contributed by atoms with Crippen LogP contribution in [0.5, 0.6) is 5.75 Å². The predicted octanol–water partition coefficient (Wildman–Crippen LogP) is 2.28. The van der Waals surface area contributed by atoms with E-state index in [1.807, 2.05) is 20.8 Å². The summed E-state index contributed by atoms with van der Waals surface area (Å²) in [5, 5.41) is 2.76. The minimum absolute atomic E-state index is 0. The maximum atomic E-state index is 12.4. The van der Waals surface area contributed by atoms with Crippen molar-refractivity contribution in [1.29, 1.82) is 0 Å². The number of halogens is 1. The molecular weight excluding hydrogens is 330 g/mol. The number of nitrogens with two attached hydrogens (primary N) is 1. The molecule has 0 spiro atoms. The van der Waals surface area contributed by atoms with Gasteiger partial charge in [0.25, 0.3) is 0 Å². The normalized spacial score (nSPS) is 12.5. The van der Waals surface area contributed by atoms with Crippen LogP contribution >= 0.6 is 12.4 Å². The summed E-state index contributed by atoms with van der Waals surface area (Å²) < 4.78 is 5.11. The van der Waals surface area contributed by atoms with Crippen LogP contribution in [0.2, 0.25) is 0 Å². The van der Waals surface area contributed by atoms with Crippen LogP contribution in [0.15, 0.2) is 24.3 Å².